The van der Waals surface area contributed by atoms with Gasteiger partial charge in [0, 0.05) is 51.7 Å². The summed E-state index contributed by atoms with van der Waals surface area (Å²) in [6, 6.07) is 1.85. The summed E-state index contributed by atoms with van der Waals surface area (Å²) in [4.78, 5) is 17.9. The Bertz CT molecular complexity index is 437. The highest BCUT2D eigenvalue weighted by atomic mass is 15.4. The molecule has 1 aromatic rings. The Morgan fingerprint density at radius 3 is 2.48 bits per heavy atom. The Morgan fingerprint density at radius 1 is 1.24 bits per heavy atom. The molecule has 1 aliphatic heterocycles. The van der Waals surface area contributed by atoms with Gasteiger partial charge in [0.15, 0.2) is 5.96 Å². The average molecular weight is 290 g/mol. The predicted molar refractivity (Wildman–Crippen MR) is 86.6 cm³/mol. The van der Waals surface area contributed by atoms with E-state index in [1.165, 1.54) is 0 Å². The summed E-state index contributed by atoms with van der Waals surface area (Å²) in [6.07, 6.45) is 3.59. The normalized spacial score (nSPS) is 16.5. The monoisotopic (exact) mass is 290 g/mol. The van der Waals surface area contributed by atoms with Crippen LogP contribution in [-0.4, -0.2) is 60.1 Å². The van der Waals surface area contributed by atoms with Crippen molar-refractivity contribution in [3.8, 4) is 0 Å². The first kappa shape index (κ1) is 15.5. The van der Waals surface area contributed by atoms with Gasteiger partial charge < -0.3 is 15.1 Å². The van der Waals surface area contributed by atoms with Gasteiger partial charge in [-0.3, -0.25) is 4.99 Å². The molecule has 1 saturated heterocycles. The molecule has 0 bridgehead atoms. The molecule has 1 N–H and O–H groups in total. The van der Waals surface area contributed by atoms with E-state index in [4.69, 9.17) is 4.99 Å². The van der Waals surface area contributed by atoms with Crippen LogP contribution in [0, 0.1) is 5.92 Å². The maximum Gasteiger partial charge on any atom is 0.225 e. The zero-order valence-electron chi connectivity index (χ0n) is 13.3. The molecule has 0 aliphatic carbocycles. The molecule has 2 rings (SSSR count). The van der Waals surface area contributed by atoms with Crippen LogP contribution in [0.3, 0.4) is 0 Å². The zero-order valence-corrected chi connectivity index (χ0v) is 13.3. The third-order valence-corrected chi connectivity index (χ3v) is 3.36. The fraction of sp³-hybridized carbons (Fsp3) is 0.667. The average Bonchev–Trinajstić information content (AvgIpc) is 2.52. The van der Waals surface area contributed by atoms with Gasteiger partial charge in [0.05, 0.1) is 0 Å². The van der Waals surface area contributed by atoms with Gasteiger partial charge in [0.2, 0.25) is 5.95 Å². The Kier molecular flexibility index (Phi) is 5.78. The van der Waals surface area contributed by atoms with Crippen molar-refractivity contribution in [3.05, 3.63) is 18.5 Å². The molecule has 0 saturated carbocycles. The van der Waals surface area contributed by atoms with E-state index >= 15 is 0 Å². The van der Waals surface area contributed by atoms with Gasteiger partial charge in [-0.25, -0.2) is 9.97 Å². The quantitative estimate of drug-likeness (QED) is 0.667. The van der Waals surface area contributed by atoms with Crippen molar-refractivity contribution in [2.45, 2.75) is 20.8 Å². The van der Waals surface area contributed by atoms with E-state index in [1.54, 1.807) is 12.4 Å². The van der Waals surface area contributed by atoms with Gasteiger partial charge in [0.25, 0.3) is 0 Å². The summed E-state index contributed by atoms with van der Waals surface area (Å²) in [6.45, 7) is 12.0. The minimum Gasteiger partial charge on any atom is -0.357 e. The molecule has 0 radical (unpaired) electrons. The topological polar surface area (TPSA) is 56.7 Å². The minimum atomic E-state index is 0.581. The molecule has 0 atom stereocenters. The molecule has 1 aliphatic rings. The number of aromatic nitrogens is 2. The van der Waals surface area contributed by atoms with Gasteiger partial charge in [-0.05, 0) is 18.9 Å². The number of anilines is 1. The van der Waals surface area contributed by atoms with Crippen LogP contribution in [0.2, 0.25) is 0 Å². The first-order valence-electron chi connectivity index (χ1n) is 7.76. The van der Waals surface area contributed by atoms with Crippen LogP contribution in [0.15, 0.2) is 23.5 Å². The van der Waals surface area contributed by atoms with Crippen LogP contribution >= 0.6 is 0 Å². The first-order valence-corrected chi connectivity index (χ1v) is 7.76. The molecule has 2 heterocycles. The number of rotatable bonds is 4. The van der Waals surface area contributed by atoms with E-state index in [1.807, 2.05) is 6.07 Å². The zero-order chi connectivity index (χ0) is 15.1. The van der Waals surface area contributed by atoms with Gasteiger partial charge in [0.1, 0.15) is 0 Å². The summed E-state index contributed by atoms with van der Waals surface area (Å²) in [5, 5.41) is 3.39. The second kappa shape index (κ2) is 7.81. The van der Waals surface area contributed by atoms with Crippen molar-refractivity contribution < 1.29 is 0 Å². The van der Waals surface area contributed by atoms with Crippen LogP contribution in [0.25, 0.3) is 0 Å². The lowest BCUT2D eigenvalue weighted by Crippen LogP contribution is -2.53. The molecule has 0 unspecified atom stereocenters. The summed E-state index contributed by atoms with van der Waals surface area (Å²) >= 11 is 0. The Morgan fingerprint density at radius 2 is 1.90 bits per heavy atom. The number of nitrogens with zero attached hydrogens (tertiary/aromatic N) is 5. The number of aliphatic imine (C=N–C) groups is 1. The third-order valence-electron chi connectivity index (χ3n) is 3.36. The molecule has 116 valence electrons. The van der Waals surface area contributed by atoms with Crippen LogP contribution in [0.5, 0.6) is 0 Å². The van der Waals surface area contributed by atoms with Crippen molar-refractivity contribution >= 4 is 11.9 Å². The largest absolute Gasteiger partial charge is 0.357 e. The second-order valence-electron chi connectivity index (χ2n) is 5.61. The van der Waals surface area contributed by atoms with E-state index in [2.05, 4.69) is 45.9 Å². The lowest BCUT2D eigenvalue weighted by molar-refractivity contribution is 0.369. The summed E-state index contributed by atoms with van der Waals surface area (Å²) < 4.78 is 0. The third kappa shape index (κ3) is 4.58. The fourth-order valence-corrected chi connectivity index (χ4v) is 2.27. The van der Waals surface area contributed by atoms with Crippen molar-refractivity contribution in [2.24, 2.45) is 10.9 Å². The molecule has 6 heteroatoms. The molecule has 0 spiro atoms. The van der Waals surface area contributed by atoms with Gasteiger partial charge in [-0.1, -0.05) is 13.8 Å². The lowest BCUT2D eigenvalue weighted by Gasteiger charge is -2.36. The molecule has 1 aromatic heterocycles. The van der Waals surface area contributed by atoms with Gasteiger partial charge in [-0.2, -0.15) is 0 Å². The number of nitrogens with one attached hydrogen (secondary N) is 1. The van der Waals surface area contributed by atoms with Crippen molar-refractivity contribution in [2.75, 3.05) is 44.2 Å². The molecule has 21 heavy (non-hydrogen) atoms. The Labute approximate surface area is 127 Å². The minimum absolute atomic E-state index is 0.581. The molecule has 0 amide bonds. The highest BCUT2D eigenvalue weighted by molar-refractivity contribution is 5.80. The highest BCUT2D eigenvalue weighted by Gasteiger charge is 2.20. The van der Waals surface area contributed by atoms with Crippen molar-refractivity contribution in [1.82, 2.24) is 20.2 Å². The summed E-state index contributed by atoms with van der Waals surface area (Å²) in [5.41, 5.74) is 0. The smallest absolute Gasteiger partial charge is 0.225 e. The van der Waals surface area contributed by atoms with Crippen molar-refractivity contribution in [3.63, 3.8) is 0 Å². The predicted octanol–water partition coefficient (Wildman–Crippen LogP) is 1.22. The maximum atomic E-state index is 4.72. The summed E-state index contributed by atoms with van der Waals surface area (Å²) in [5.74, 6) is 2.43. The second-order valence-corrected chi connectivity index (χ2v) is 5.61. The van der Waals surface area contributed by atoms with Crippen LogP contribution in [0.4, 0.5) is 5.95 Å². The summed E-state index contributed by atoms with van der Waals surface area (Å²) in [7, 11) is 0. The lowest BCUT2D eigenvalue weighted by atomic mass is 10.2. The number of hydrogen-bond donors (Lipinski definition) is 1. The molecule has 0 aromatic carbocycles. The van der Waals surface area contributed by atoms with Crippen LogP contribution < -0.4 is 10.2 Å². The number of hydrogen-bond acceptors (Lipinski definition) is 4. The Balaban J connectivity index is 1.93. The van der Waals surface area contributed by atoms with E-state index in [-0.39, 0.29) is 0 Å². The number of guanidine groups is 1. The van der Waals surface area contributed by atoms with E-state index in [0.717, 1.165) is 51.2 Å². The van der Waals surface area contributed by atoms with E-state index in [9.17, 15) is 0 Å². The molecule has 6 nitrogen and oxygen atoms in total. The molecule has 1 fully saturated rings. The van der Waals surface area contributed by atoms with E-state index < -0.39 is 0 Å². The van der Waals surface area contributed by atoms with Gasteiger partial charge in [-0.15, -0.1) is 0 Å². The number of piperazine rings is 1. The Hall–Kier alpha value is -1.85. The maximum absolute atomic E-state index is 4.72. The first-order chi connectivity index (χ1) is 10.2. The van der Waals surface area contributed by atoms with Gasteiger partial charge >= 0.3 is 0 Å². The molecular weight excluding hydrogens is 264 g/mol. The highest BCUT2D eigenvalue weighted by Crippen LogP contribution is 2.10. The molecular formula is C15H26N6. The van der Waals surface area contributed by atoms with Crippen LogP contribution in [0.1, 0.15) is 20.8 Å². The standard InChI is InChI=1S/C15H26N6/c1-4-16-14(19-12-13(2)3)20-8-10-21(11-9-20)15-17-6-5-7-18-15/h5-7,13H,4,8-12H2,1-3H3,(H,16,19). The van der Waals surface area contributed by atoms with Crippen LogP contribution in [-0.2, 0) is 0 Å². The SMILES string of the molecule is CCNC(=NCC(C)C)N1CCN(c2ncccn2)CC1. The van der Waals surface area contributed by atoms with Crippen molar-refractivity contribution in [1.29, 1.82) is 0 Å². The fourth-order valence-electron chi connectivity index (χ4n) is 2.27. The van der Waals surface area contributed by atoms with E-state index in [0.29, 0.717) is 5.92 Å².